The van der Waals surface area contributed by atoms with Crippen molar-refractivity contribution in [2.24, 2.45) is 22.5 Å². The maximum Gasteiger partial charge on any atom is 0.221 e. The smallest absolute Gasteiger partial charge is 0.221 e. The molecule has 1 aromatic carbocycles. The predicted molar refractivity (Wildman–Crippen MR) is 89.0 cm³/mol. The average molecular weight is 332 g/mol. The van der Waals surface area contributed by atoms with E-state index in [9.17, 15) is 14.4 Å². The molecule has 0 aromatic heterocycles. The van der Waals surface area contributed by atoms with Gasteiger partial charge in [0, 0.05) is 16.6 Å². The number of thiol groups is 1. The van der Waals surface area contributed by atoms with Gasteiger partial charge >= 0.3 is 0 Å². The monoisotopic (exact) mass is 332 g/mol. The highest BCUT2D eigenvalue weighted by molar-refractivity contribution is 7.80. The summed E-state index contributed by atoms with van der Waals surface area (Å²) in [4.78, 5) is 12.2. The zero-order valence-corrected chi connectivity index (χ0v) is 13.9. The van der Waals surface area contributed by atoms with Crippen molar-refractivity contribution in [3.8, 4) is 6.07 Å². The summed E-state index contributed by atoms with van der Waals surface area (Å²) in [6.07, 6.45) is 4.94. The number of carbonyl (C=O) groups is 1. The molecule has 2 fully saturated rings. The van der Waals surface area contributed by atoms with Crippen LogP contribution in [0.25, 0.3) is 0 Å². The Labute approximate surface area is 141 Å². The van der Waals surface area contributed by atoms with Crippen LogP contribution < -0.4 is 5.73 Å². The lowest BCUT2D eigenvalue weighted by molar-refractivity contribution is -0.130. The Balaban J connectivity index is 2.10. The highest BCUT2D eigenvalue weighted by atomic mass is 32.1. The van der Waals surface area contributed by atoms with Gasteiger partial charge in [-0.05, 0) is 43.4 Å². The Morgan fingerprint density at radius 3 is 2.48 bits per heavy atom. The summed E-state index contributed by atoms with van der Waals surface area (Å²) in [5, 5.41) is 9.51. The summed E-state index contributed by atoms with van der Waals surface area (Å²) in [7, 11) is 0. The number of primary amides is 1. The van der Waals surface area contributed by atoms with Crippen LogP contribution in [-0.2, 0) is 4.79 Å². The summed E-state index contributed by atoms with van der Waals surface area (Å²) in [6.45, 7) is 0. The average Bonchev–Trinajstić information content (AvgIpc) is 3.36. The van der Waals surface area contributed by atoms with E-state index in [0.29, 0.717) is 6.42 Å². The zero-order valence-electron chi connectivity index (χ0n) is 13.0. The molecule has 1 amide bonds. The summed E-state index contributed by atoms with van der Waals surface area (Å²) in [6, 6.07) is 8.69. The van der Waals surface area contributed by atoms with E-state index < -0.39 is 10.8 Å². The van der Waals surface area contributed by atoms with E-state index in [-0.39, 0.29) is 22.9 Å². The van der Waals surface area contributed by atoms with Crippen LogP contribution in [0.1, 0.15) is 49.3 Å². The minimum Gasteiger partial charge on any atom is -0.369 e. The Hall–Kier alpha value is -1.54. The second-order valence-electron chi connectivity index (χ2n) is 6.89. The first-order valence-electron chi connectivity index (χ1n) is 8.11. The number of halogens is 1. The molecule has 1 aromatic rings. The number of benzene rings is 1. The summed E-state index contributed by atoms with van der Waals surface area (Å²) in [5.74, 6) is -1.00. The lowest BCUT2D eigenvalue weighted by Crippen LogP contribution is -2.50. The molecule has 23 heavy (non-hydrogen) atoms. The van der Waals surface area contributed by atoms with E-state index in [2.05, 4.69) is 6.07 Å². The lowest BCUT2D eigenvalue weighted by atomic mass is 9.55. The zero-order chi connectivity index (χ0) is 16.7. The molecule has 0 radical (unpaired) electrons. The van der Waals surface area contributed by atoms with Crippen LogP contribution in [0.3, 0.4) is 0 Å². The number of hydrogen-bond donors (Lipinski definition) is 2. The standard InChI is InChI=1S/C18H21FN2OS/c19-13-6-4-12(5-7-13)15(23)18(17(11-20)9-10-17)8-2-1-3-14(18)16(21)22/h4-7,14-15,23H,1-3,8-10H2,(H2,21,22). The largest absolute Gasteiger partial charge is 0.369 e. The van der Waals surface area contributed by atoms with Gasteiger partial charge in [-0.15, -0.1) is 0 Å². The van der Waals surface area contributed by atoms with E-state index in [1.807, 2.05) is 0 Å². The quantitative estimate of drug-likeness (QED) is 0.824. The molecule has 3 nitrogen and oxygen atoms in total. The molecule has 0 spiro atoms. The van der Waals surface area contributed by atoms with Crippen LogP contribution >= 0.6 is 12.6 Å². The Bertz CT molecular complexity index is 650. The highest BCUT2D eigenvalue weighted by Crippen LogP contribution is 2.71. The topological polar surface area (TPSA) is 66.9 Å². The van der Waals surface area contributed by atoms with Crippen LogP contribution in [0.5, 0.6) is 0 Å². The second kappa shape index (κ2) is 5.83. The normalized spacial score (nSPS) is 30.2. The molecule has 0 heterocycles. The number of rotatable bonds is 4. The van der Waals surface area contributed by atoms with Crippen molar-refractivity contribution in [2.75, 3.05) is 0 Å². The molecule has 0 saturated heterocycles. The molecule has 0 aliphatic heterocycles. The van der Waals surface area contributed by atoms with E-state index in [1.54, 1.807) is 12.1 Å². The Morgan fingerprint density at radius 1 is 1.30 bits per heavy atom. The minimum absolute atomic E-state index is 0.303. The Kier molecular flexibility index (Phi) is 4.14. The summed E-state index contributed by atoms with van der Waals surface area (Å²) >= 11 is 4.84. The fraction of sp³-hybridized carbons (Fsp3) is 0.556. The van der Waals surface area contributed by atoms with Crippen LogP contribution in [0.2, 0.25) is 0 Å². The fourth-order valence-electron chi connectivity index (χ4n) is 4.50. The van der Waals surface area contributed by atoms with Crippen molar-refractivity contribution < 1.29 is 9.18 Å². The highest BCUT2D eigenvalue weighted by Gasteiger charge is 2.67. The number of nitrogens with zero attached hydrogens (tertiary/aromatic N) is 1. The van der Waals surface area contributed by atoms with Crippen LogP contribution in [0.15, 0.2) is 24.3 Å². The molecule has 2 aliphatic rings. The van der Waals surface area contributed by atoms with Crippen LogP contribution in [0.4, 0.5) is 4.39 Å². The van der Waals surface area contributed by atoms with E-state index >= 15 is 0 Å². The van der Waals surface area contributed by atoms with Crippen molar-refractivity contribution in [3.63, 3.8) is 0 Å². The number of amides is 1. The molecule has 5 heteroatoms. The number of nitrogens with two attached hydrogens (primary N) is 1. The number of carbonyl (C=O) groups excluding carboxylic acids is 1. The van der Waals surface area contributed by atoms with Gasteiger partial charge in [0.1, 0.15) is 5.82 Å². The predicted octanol–water partition coefficient (Wildman–Crippen LogP) is 3.76. The van der Waals surface area contributed by atoms with Crippen molar-refractivity contribution in [3.05, 3.63) is 35.6 Å². The summed E-state index contributed by atoms with van der Waals surface area (Å²) in [5.41, 5.74) is 5.47. The molecule has 2 aliphatic carbocycles. The van der Waals surface area contributed by atoms with Gasteiger partial charge in [-0.25, -0.2) is 4.39 Å². The molecule has 0 bridgehead atoms. The molecule has 3 rings (SSSR count). The van der Waals surface area contributed by atoms with Gasteiger partial charge in [-0.2, -0.15) is 17.9 Å². The second-order valence-corrected chi connectivity index (χ2v) is 7.41. The molecule has 122 valence electrons. The fourth-order valence-corrected chi connectivity index (χ4v) is 5.23. The van der Waals surface area contributed by atoms with Gasteiger partial charge in [-0.3, -0.25) is 4.79 Å². The van der Waals surface area contributed by atoms with E-state index in [1.165, 1.54) is 12.1 Å². The maximum absolute atomic E-state index is 13.3. The van der Waals surface area contributed by atoms with Crippen LogP contribution in [0, 0.1) is 33.9 Å². The SMILES string of the molecule is N#CC1(C2(C(S)c3ccc(F)cc3)CCCCC2C(N)=O)CC1. The molecule has 3 unspecified atom stereocenters. The van der Waals surface area contributed by atoms with Crippen molar-refractivity contribution in [1.82, 2.24) is 0 Å². The van der Waals surface area contributed by atoms with E-state index in [4.69, 9.17) is 18.4 Å². The van der Waals surface area contributed by atoms with Gasteiger partial charge in [0.15, 0.2) is 0 Å². The molecule has 2 N–H and O–H groups in total. The molecular weight excluding hydrogens is 311 g/mol. The third-order valence-corrected chi connectivity index (χ3v) is 6.59. The van der Waals surface area contributed by atoms with Gasteiger partial charge in [0.2, 0.25) is 5.91 Å². The lowest BCUT2D eigenvalue weighted by Gasteiger charge is -2.50. The summed E-state index contributed by atoms with van der Waals surface area (Å²) < 4.78 is 13.3. The van der Waals surface area contributed by atoms with Gasteiger partial charge in [0.05, 0.1) is 11.5 Å². The van der Waals surface area contributed by atoms with Gasteiger partial charge < -0.3 is 5.73 Å². The third-order valence-electron chi connectivity index (χ3n) is 5.83. The number of hydrogen-bond acceptors (Lipinski definition) is 3. The first kappa shape index (κ1) is 16.3. The Morgan fingerprint density at radius 2 is 1.96 bits per heavy atom. The van der Waals surface area contributed by atoms with E-state index in [0.717, 1.165) is 37.7 Å². The third kappa shape index (κ3) is 2.44. The minimum atomic E-state index is -0.563. The molecular formula is C18H21FN2OS. The first-order chi connectivity index (χ1) is 11.0. The van der Waals surface area contributed by atoms with Gasteiger partial charge in [0.25, 0.3) is 0 Å². The first-order valence-corrected chi connectivity index (χ1v) is 8.62. The van der Waals surface area contributed by atoms with Crippen molar-refractivity contribution in [2.45, 2.75) is 43.8 Å². The maximum atomic E-state index is 13.3. The number of nitriles is 1. The van der Waals surface area contributed by atoms with Crippen molar-refractivity contribution >= 4 is 18.5 Å². The molecule has 3 atom stereocenters. The molecule has 2 saturated carbocycles. The van der Waals surface area contributed by atoms with Crippen molar-refractivity contribution in [1.29, 1.82) is 5.26 Å². The van der Waals surface area contributed by atoms with Crippen LogP contribution in [-0.4, -0.2) is 5.91 Å². The van der Waals surface area contributed by atoms with Gasteiger partial charge in [-0.1, -0.05) is 25.0 Å².